The molecule has 1 atom stereocenters. The lowest BCUT2D eigenvalue weighted by molar-refractivity contribution is 0.327. The molecule has 0 bridgehead atoms. The van der Waals surface area contributed by atoms with E-state index in [9.17, 15) is 0 Å². The van der Waals surface area contributed by atoms with Crippen molar-refractivity contribution in [2.24, 2.45) is 0 Å². The summed E-state index contributed by atoms with van der Waals surface area (Å²) < 4.78 is 5.34. The molecule has 0 saturated carbocycles. The Morgan fingerprint density at radius 3 is 2.76 bits per heavy atom. The molecule has 0 amide bonds. The first-order valence-electron chi connectivity index (χ1n) is 7.58. The second-order valence-electron chi connectivity index (χ2n) is 5.39. The normalized spacial score (nSPS) is 12.0. The number of aromatic nitrogens is 1. The predicted octanol–water partition coefficient (Wildman–Crippen LogP) is 4.22. The number of hydrogen-bond donors (Lipinski definition) is 1. The smallest absolute Gasteiger partial charge is 0.213 e. The van der Waals surface area contributed by atoms with Crippen molar-refractivity contribution in [3.8, 4) is 5.88 Å². The minimum absolute atomic E-state index is 0.408. The van der Waals surface area contributed by atoms with E-state index in [1.165, 1.54) is 11.1 Å². The number of rotatable bonds is 7. The Morgan fingerprint density at radius 1 is 1.24 bits per heavy atom. The first-order chi connectivity index (χ1) is 10.2. The van der Waals surface area contributed by atoms with Gasteiger partial charge in [-0.2, -0.15) is 0 Å². The highest BCUT2D eigenvalue weighted by atomic mass is 16.5. The van der Waals surface area contributed by atoms with Crippen molar-refractivity contribution in [3.05, 3.63) is 53.7 Å². The molecule has 112 valence electrons. The van der Waals surface area contributed by atoms with E-state index in [4.69, 9.17) is 4.74 Å². The molecule has 0 saturated heterocycles. The Kier molecular flexibility index (Phi) is 5.61. The van der Waals surface area contributed by atoms with E-state index in [0.717, 1.165) is 18.5 Å². The van der Waals surface area contributed by atoms with Crippen LogP contribution >= 0.6 is 0 Å². The minimum atomic E-state index is 0.408. The van der Waals surface area contributed by atoms with Gasteiger partial charge in [0.15, 0.2) is 0 Å². The fourth-order valence-corrected chi connectivity index (χ4v) is 2.31. The Labute approximate surface area is 127 Å². The Balaban J connectivity index is 1.82. The lowest BCUT2D eigenvalue weighted by atomic mass is 10.0. The summed E-state index contributed by atoms with van der Waals surface area (Å²) >= 11 is 0. The molecule has 2 rings (SSSR count). The molecule has 0 aliphatic carbocycles. The van der Waals surface area contributed by atoms with Crippen LogP contribution in [0.4, 0.5) is 5.69 Å². The second kappa shape index (κ2) is 7.67. The SMILES string of the molecule is CCOc1ccc(NC(C)CCc2cccc(C)c2)cn1. The van der Waals surface area contributed by atoms with Crippen molar-refractivity contribution in [1.29, 1.82) is 0 Å². The van der Waals surface area contributed by atoms with Crippen LogP contribution < -0.4 is 10.1 Å². The van der Waals surface area contributed by atoms with E-state index in [1.54, 1.807) is 0 Å². The first kappa shape index (κ1) is 15.4. The van der Waals surface area contributed by atoms with E-state index in [2.05, 4.69) is 48.4 Å². The zero-order valence-electron chi connectivity index (χ0n) is 13.1. The zero-order valence-corrected chi connectivity index (χ0v) is 13.1. The molecular formula is C18H24N2O. The zero-order chi connectivity index (χ0) is 15.1. The summed E-state index contributed by atoms with van der Waals surface area (Å²) in [6.07, 6.45) is 4.01. The van der Waals surface area contributed by atoms with Gasteiger partial charge in [-0.3, -0.25) is 0 Å². The van der Waals surface area contributed by atoms with Crippen molar-refractivity contribution in [3.63, 3.8) is 0 Å². The van der Waals surface area contributed by atoms with Gasteiger partial charge < -0.3 is 10.1 Å². The van der Waals surface area contributed by atoms with Crippen molar-refractivity contribution < 1.29 is 4.74 Å². The van der Waals surface area contributed by atoms with Gasteiger partial charge in [0, 0.05) is 12.1 Å². The number of hydrogen-bond acceptors (Lipinski definition) is 3. The number of ether oxygens (including phenoxy) is 1. The van der Waals surface area contributed by atoms with Gasteiger partial charge in [0.25, 0.3) is 0 Å². The molecule has 1 N–H and O–H groups in total. The number of aryl methyl sites for hydroxylation is 2. The molecule has 1 unspecified atom stereocenters. The fourth-order valence-electron chi connectivity index (χ4n) is 2.31. The highest BCUT2D eigenvalue weighted by molar-refractivity contribution is 5.42. The standard InChI is InChI=1S/C18H24N2O/c1-4-21-18-11-10-17(13-19-18)20-15(3)8-9-16-7-5-6-14(2)12-16/h5-7,10-13,15,20H,4,8-9H2,1-3H3. The molecule has 3 heteroatoms. The van der Waals surface area contributed by atoms with E-state index in [0.29, 0.717) is 18.5 Å². The summed E-state index contributed by atoms with van der Waals surface area (Å²) in [5, 5.41) is 3.48. The van der Waals surface area contributed by atoms with Crippen LogP contribution in [-0.4, -0.2) is 17.6 Å². The minimum Gasteiger partial charge on any atom is -0.478 e. The van der Waals surface area contributed by atoms with Crippen molar-refractivity contribution >= 4 is 5.69 Å². The van der Waals surface area contributed by atoms with E-state index < -0.39 is 0 Å². The van der Waals surface area contributed by atoms with Gasteiger partial charge in [-0.05, 0) is 45.2 Å². The van der Waals surface area contributed by atoms with Crippen molar-refractivity contribution in [2.75, 3.05) is 11.9 Å². The van der Waals surface area contributed by atoms with Gasteiger partial charge in [-0.1, -0.05) is 29.8 Å². The van der Waals surface area contributed by atoms with E-state index >= 15 is 0 Å². The first-order valence-corrected chi connectivity index (χ1v) is 7.58. The molecule has 21 heavy (non-hydrogen) atoms. The van der Waals surface area contributed by atoms with Crippen LogP contribution in [0.25, 0.3) is 0 Å². The molecule has 2 aromatic rings. The van der Waals surface area contributed by atoms with E-state index in [-0.39, 0.29) is 0 Å². The Bertz CT molecular complexity index is 551. The van der Waals surface area contributed by atoms with E-state index in [1.807, 2.05) is 25.3 Å². The largest absolute Gasteiger partial charge is 0.478 e. The molecule has 0 aliphatic rings. The van der Waals surface area contributed by atoms with Crippen molar-refractivity contribution in [1.82, 2.24) is 4.98 Å². The van der Waals surface area contributed by atoms with Crippen LogP contribution in [0.2, 0.25) is 0 Å². The van der Waals surface area contributed by atoms with Crippen LogP contribution in [-0.2, 0) is 6.42 Å². The molecule has 3 nitrogen and oxygen atoms in total. The number of pyridine rings is 1. The third-order valence-electron chi connectivity index (χ3n) is 3.39. The lowest BCUT2D eigenvalue weighted by Crippen LogP contribution is -2.16. The Morgan fingerprint density at radius 2 is 2.10 bits per heavy atom. The summed E-state index contributed by atoms with van der Waals surface area (Å²) in [7, 11) is 0. The average molecular weight is 284 g/mol. The summed E-state index contributed by atoms with van der Waals surface area (Å²) in [5.41, 5.74) is 3.76. The molecule has 0 radical (unpaired) electrons. The fraction of sp³-hybridized carbons (Fsp3) is 0.389. The second-order valence-corrected chi connectivity index (χ2v) is 5.39. The summed E-state index contributed by atoms with van der Waals surface area (Å²) in [4.78, 5) is 4.27. The molecule has 0 spiro atoms. The maximum Gasteiger partial charge on any atom is 0.213 e. The highest BCUT2D eigenvalue weighted by Crippen LogP contribution is 2.15. The maximum atomic E-state index is 5.34. The monoisotopic (exact) mass is 284 g/mol. The van der Waals surface area contributed by atoms with Gasteiger partial charge in [-0.15, -0.1) is 0 Å². The quantitative estimate of drug-likeness (QED) is 0.826. The van der Waals surface area contributed by atoms with Crippen LogP contribution in [0.3, 0.4) is 0 Å². The predicted molar refractivity (Wildman–Crippen MR) is 88.0 cm³/mol. The third kappa shape index (κ3) is 5.10. The van der Waals surface area contributed by atoms with Crippen molar-refractivity contribution in [2.45, 2.75) is 39.7 Å². The maximum absolute atomic E-state index is 5.34. The number of anilines is 1. The molecule has 0 fully saturated rings. The third-order valence-corrected chi connectivity index (χ3v) is 3.39. The topological polar surface area (TPSA) is 34.1 Å². The lowest BCUT2D eigenvalue weighted by Gasteiger charge is -2.15. The summed E-state index contributed by atoms with van der Waals surface area (Å²) in [5.74, 6) is 0.676. The Hall–Kier alpha value is -2.03. The summed E-state index contributed by atoms with van der Waals surface area (Å²) in [6.45, 7) is 6.94. The highest BCUT2D eigenvalue weighted by Gasteiger charge is 2.04. The molecule has 1 aromatic heterocycles. The number of benzene rings is 1. The molecule has 0 aliphatic heterocycles. The molecule has 1 heterocycles. The molecular weight excluding hydrogens is 260 g/mol. The van der Waals surface area contributed by atoms with Crippen LogP contribution in [0, 0.1) is 6.92 Å². The average Bonchev–Trinajstić information content (AvgIpc) is 2.48. The number of nitrogens with zero attached hydrogens (tertiary/aromatic N) is 1. The van der Waals surface area contributed by atoms with Gasteiger partial charge in [0.05, 0.1) is 18.5 Å². The summed E-state index contributed by atoms with van der Waals surface area (Å²) in [6, 6.07) is 13.0. The van der Waals surface area contributed by atoms with Crippen LogP contribution in [0.1, 0.15) is 31.4 Å². The van der Waals surface area contributed by atoms with Gasteiger partial charge in [0.1, 0.15) is 0 Å². The van der Waals surface area contributed by atoms with Gasteiger partial charge in [0.2, 0.25) is 5.88 Å². The molecule has 1 aromatic carbocycles. The number of nitrogens with one attached hydrogen (secondary N) is 1. The van der Waals surface area contributed by atoms with Gasteiger partial charge in [-0.25, -0.2) is 4.98 Å². The van der Waals surface area contributed by atoms with Crippen LogP contribution in [0.5, 0.6) is 5.88 Å². The van der Waals surface area contributed by atoms with Crippen LogP contribution in [0.15, 0.2) is 42.6 Å². The van der Waals surface area contributed by atoms with Gasteiger partial charge >= 0.3 is 0 Å².